The molecule has 2 heterocycles. The molecule has 1 unspecified atom stereocenters. The Labute approximate surface area is 170 Å². The predicted octanol–water partition coefficient (Wildman–Crippen LogP) is 4.00. The third-order valence-corrected chi connectivity index (χ3v) is 5.21. The Morgan fingerprint density at radius 1 is 1.14 bits per heavy atom. The van der Waals surface area contributed by atoms with Gasteiger partial charge in [-0.25, -0.2) is 14.8 Å². The van der Waals surface area contributed by atoms with Crippen molar-refractivity contribution < 1.29 is 9.53 Å². The van der Waals surface area contributed by atoms with Crippen LogP contribution in [0.25, 0.3) is 10.8 Å². The lowest BCUT2D eigenvalue weighted by atomic mass is 10.0. The molecule has 1 N–H and O–H groups in total. The average molecular weight is 390 g/mol. The number of rotatable bonds is 4. The maximum absolute atomic E-state index is 12.7. The van der Waals surface area contributed by atoms with Gasteiger partial charge in [-0.15, -0.1) is 0 Å². The molecule has 1 aliphatic heterocycles. The Bertz CT molecular complexity index is 995. The van der Waals surface area contributed by atoms with Gasteiger partial charge in [0.05, 0.1) is 6.54 Å². The Kier molecular flexibility index (Phi) is 5.60. The highest BCUT2D eigenvalue weighted by Crippen LogP contribution is 2.19. The third-order valence-electron chi connectivity index (χ3n) is 5.21. The summed E-state index contributed by atoms with van der Waals surface area (Å²) >= 11 is 0. The maximum atomic E-state index is 12.7. The predicted molar refractivity (Wildman–Crippen MR) is 113 cm³/mol. The molecule has 0 spiro atoms. The molecule has 150 valence electrons. The van der Waals surface area contributed by atoms with Crippen LogP contribution in [0, 0.1) is 13.8 Å². The van der Waals surface area contributed by atoms with Crippen molar-refractivity contribution in [3.8, 4) is 6.01 Å². The fraction of sp³-hybridized carbons (Fsp3) is 0.348. The molecule has 3 aromatic rings. The minimum atomic E-state index is -0.0896. The van der Waals surface area contributed by atoms with Crippen LogP contribution in [0.1, 0.15) is 29.8 Å². The summed E-state index contributed by atoms with van der Waals surface area (Å²) in [5.74, 6) is 0. The fourth-order valence-corrected chi connectivity index (χ4v) is 3.84. The van der Waals surface area contributed by atoms with E-state index in [0.717, 1.165) is 36.3 Å². The van der Waals surface area contributed by atoms with Gasteiger partial charge < -0.3 is 15.0 Å². The largest absolute Gasteiger partial charge is 0.458 e. The van der Waals surface area contributed by atoms with E-state index in [1.807, 2.05) is 43.0 Å². The highest BCUT2D eigenvalue weighted by Gasteiger charge is 2.25. The number of hydrogen-bond acceptors (Lipinski definition) is 4. The third kappa shape index (κ3) is 4.65. The zero-order valence-electron chi connectivity index (χ0n) is 16.9. The molecule has 6 heteroatoms. The van der Waals surface area contributed by atoms with Gasteiger partial charge in [0, 0.05) is 24.5 Å². The topological polar surface area (TPSA) is 67.3 Å². The summed E-state index contributed by atoms with van der Waals surface area (Å²) in [4.78, 5) is 23.3. The minimum Gasteiger partial charge on any atom is -0.458 e. The van der Waals surface area contributed by atoms with Crippen molar-refractivity contribution in [3.63, 3.8) is 0 Å². The number of urea groups is 1. The van der Waals surface area contributed by atoms with Gasteiger partial charge in [0.2, 0.25) is 0 Å². The van der Waals surface area contributed by atoms with Crippen molar-refractivity contribution in [2.45, 2.75) is 39.3 Å². The van der Waals surface area contributed by atoms with E-state index in [1.54, 1.807) is 0 Å². The number of ether oxygens (including phenoxy) is 1. The van der Waals surface area contributed by atoms with Gasteiger partial charge in [-0.05, 0) is 49.1 Å². The van der Waals surface area contributed by atoms with Crippen LogP contribution in [-0.2, 0) is 6.54 Å². The molecule has 4 rings (SSSR count). The molecule has 2 amide bonds. The quantitative estimate of drug-likeness (QED) is 0.731. The molecular weight excluding hydrogens is 364 g/mol. The van der Waals surface area contributed by atoms with Gasteiger partial charge in [0.1, 0.15) is 6.10 Å². The number of carbonyl (C=O) groups excluding carboxylic acids is 1. The van der Waals surface area contributed by atoms with Crippen molar-refractivity contribution >= 4 is 16.8 Å². The van der Waals surface area contributed by atoms with Gasteiger partial charge >= 0.3 is 12.0 Å². The molecule has 1 saturated heterocycles. The van der Waals surface area contributed by atoms with Crippen molar-refractivity contribution in [2.24, 2.45) is 0 Å². The van der Waals surface area contributed by atoms with E-state index in [4.69, 9.17) is 4.74 Å². The highest BCUT2D eigenvalue weighted by atomic mass is 16.5. The number of nitrogens with one attached hydrogen (secondary N) is 1. The molecule has 0 saturated carbocycles. The second-order valence-corrected chi connectivity index (χ2v) is 7.56. The van der Waals surface area contributed by atoms with Crippen LogP contribution in [-0.4, -0.2) is 40.1 Å². The lowest BCUT2D eigenvalue weighted by molar-refractivity contribution is 0.0935. The molecule has 1 aliphatic rings. The standard InChI is InChI=1S/C23H26N4O2/c1-16-13-17(2)26-22(25-16)29-20-10-6-12-27(15-20)23(28)24-14-19-9-5-8-18-7-3-4-11-21(18)19/h3-5,7-9,11,13,20H,6,10,12,14-15H2,1-2H3,(H,24,28). The Balaban J connectivity index is 1.37. The van der Waals surface area contributed by atoms with E-state index in [1.165, 1.54) is 10.8 Å². The summed E-state index contributed by atoms with van der Waals surface area (Å²) < 4.78 is 5.97. The lowest BCUT2D eigenvalue weighted by Crippen LogP contribution is -2.48. The number of fused-ring (bicyclic) bond motifs is 1. The summed E-state index contributed by atoms with van der Waals surface area (Å²) in [5.41, 5.74) is 2.88. The number of likely N-dealkylation sites (tertiary alicyclic amines) is 1. The van der Waals surface area contributed by atoms with Gasteiger partial charge in [0.25, 0.3) is 0 Å². The maximum Gasteiger partial charge on any atom is 0.317 e. The lowest BCUT2D eigenvalue weighted by Gasteiger charge is -2.32. The second-order valence-electron chi connectivity index (χ2n) is 7.56. The Morgan fingerprint density at radius 3 is 2.72 bits per heavy atom. The monoisotopic (exact) mass is 390 g/mol. The summed E-state index contributed by atoms with van der Waals surface area (Å²) in [7, 11) is 0. The molecule has 6 nitrogen and oxygen atoms in total. The van der Waals surface area contributed by atoms with Crippen molar-refractivity contribution in [1.82, 2.24) is 20.2 Å². The van der Waals surface area contributed by atoms with Crippen LogP contribution in [0.5, 0.6) is 6.01 Å². The number of nitrogens with zero attached hydrogens (tertiary/aromatic N) is 3. The molecule has 2 aromatic carbocycles. The second kappa shape index (κ2) is 8.47. The van der Waals surface area contributed by atoms with Gasteiger partial charge in [-0.2, -0.15) is 0 Å². The van der Waals surface area contributed by atoms with Gasteiger partial charge in [-0.1, -0.05) is 42.5 Å². The number of hydrogen-bond donors (Lipinski definition) is 1. The number of piperidine rings is 1. The number of aromatic nitrogens is 2. The van der Waals surface area contributed by atoms with Crippen LogP contribution in [0.4, 0.5) is 4.79 Å². The molecule has 0 bridgehead atoms. The SMILES string of the molecule is Cc1cc(C)nc(OC2CCCN(C(=O)NCc3cccc4ccccc34)C2)n1. The van der Waals surface area contributed by atoms with Crippen molar-refractivity contribution in [3.05, 3.63) is 65.5 Å². The first-order valence-electron chi connectivity index (χ1n) is 10.1. The summed E-state index contributed by atoms with van der Waals surface area (Å²) in [6.07, 6.45) is 1.70. The fourth-order valence-electron chi connectivity index (χ4n) is 3.84. The van der Waals surface area contributed by atoms with Gasteiger partial charge in [-0.3, -0.25) is 0 Å². The Morgan fingerprint density at radius 2 is 1.90 bits per heavy atom. The summed E-state index contributed by atoms with van der Waals surface area (Å²) in [5, 5.41) is 5.41. The van der Waals surface area contributed by atoms with Crippen molar-refractivity contribution in [2.75, 3.05) is 13.1 Å². The number of benzene rings is 2. The first-order valence-corrected chi connectivity index (χ1v) is 10.1. The van der Waals surface area contributed by atoms with E-state index < -0.39 is 0 Å². The molecule has 1 fully saturated rings. The zero-order chi connectivity index (χ0) is 20.2. The highest BCUT2D eigenvalue weighted by molar-refractivity contribution is 5.86. The molecule has 0 aliphatic carbocycles. The van der Waals surface area contributed by atoms with E-state index in [0.29, 0.717) is 19.1 Å². The molecule has 0 radical (unpaired) electrons. The Hall–Kier alpha value is -3.15. The van der Waals surface area contributed by atoms with Crippen LogP contribution in [0.2, 0.25) is 0 Å². The molecule has 1 aromatic heterocycles. The van der Waals surface area contributed by atoms with E-state index in [-0.39, 0.29) is 12.1 Å². The van der Waals surface area contributed by atoms with E-state index in [9.17, 15) is 4.79 Å². The van der Waals surface area contributed by atoms with E-state index >= 15 is 0 Å². The average Bonchev–Trinajstić information content (AvgIpc) is 2.71. The summed E-state index contributed by atoms with van der Waals surface area (Å²) in [6.45, 7) is 5.62. The molecule has 1 atom stereocenters. The molecule has 29 heavy (non-hydrogen) atoms. The first kappa shape index (κ1) is 19.2. The number of amides is 2. The summed E-state index contributed by atoms with van der Waals surface area (Å²) in [6, 6.07) is 16.6. The zero-order valence-corrected chi connectivity index (χ0v) is 16.9. The number of carbonyl (C=O) groups is 1. The molecular formula is C23H26N4O2. The van der Waals surface area contributed by atoms with Crippen LogP contribution < -0.4 is 10.1 Å². The van der Waals surface area contributed by atoms with Crippen molar-refractivity contribution in [1.29, 1.82) is 0 Å². The van der Waals surface area contributed by atoms with E-state index in [2.05, 4.69) is 39.6 Å². The van der Waals surface area contributed by atoms with Crippen LogP contribution in [0.3, 0.4) is 0 Å². The van der Waals surface area contributed by atoms with Crippen LogP contribution in [0.15, 0.2) is 48.5 Å². The smallest absolute Gasteiger partial charge is 0.317 e. The normalized spacial score (nSPS) is 16.6. The van der Waals surface area contributed by atoms with Gasteiger partial charge in [0.15, 0.2) is 0 Å². The minimum absolute atomic E-state index is 0.0624. The number of aryl methyl sites for hydroxylation is 2. The van der Waals surface area contributed by atoms with Crippen LogP contribution >= 0.6 is 0 Å². The first-order chi connectivity index (χ1) is 14.1.